The van der Waals surface area contributed by atoms with Crippen LogP contribution in [0.3, 0.4) is 0 Å². The Bertz CT molecular complexity index is 1260. The van der Waals surface area contributed by atoms with E-state index in [-0.39, 0.29) is 18.2 Å². The second-order valence-electron chi connectivity index (χ2n) is 7.03. The van der Waals surface area contributed by atoms with E-state index in [1.165, 1.54) is 24.3 Å². The van der Waals surface area contributed by atoms with Crippen LogP contribution >= 0.6 is 11.6 Å². The summed E-state index contributed by atoms with van der Waals surface area (Å²) in [6, 6.07) is 23.9. The third-order valence-electron chi connectivity index (χ3n) is 4.47. The zero-order valence-electron chi connectivity index (χ0n) is 17.5. The highest BCUT2D eigenvalue weighted by Crippen LogP contribution is 2.26. The molecule has 3 aromatic carbocycles. The van der Waals surface area contributed by atoms with Gasteiger partial charge in [-0.1, -0.05) is 54.1 Å². The number of nitrogens with zero attached hydrogens (tertiary/aromatic N) is 4. The number of anilines is 2. The Hall–Kier alpha value is -3.98. The number of nitrogens with one attached hydrogen (secondary N) is 1. The van der Waals surface area contributed by atoms with Gasteiger partial charge in [0.15, 0.2) is 0 Å². The van der Waals surface area contributed by atoms with E-state index in [9.17, 15) is 13.2 Å². The van der Waals surface area contributed by atoms with E-state index < -0.39 is 6.36 Å². The zero-order chi connectivity index (χ0) is 24.0. The van der Waals surface area contributed by atoms with Crippen LogP contribution in [0.25, 0.3) is 11.3 Å². The molecule has 1 N–H and O–H groups in total. The summed E-state index contributed by atoms with van der Waals surface area (Å²) in [7, 11) is 0. The first-order valence-electron chi connectivity index (χ1n) is 10.0. The normalized spacial score (nSPS) is 11.5. The van der Waals surface area contributed by atoms with Gasteiger partial charge >= 0.3 is 6.36 Å². The number of benzene rings is 3. The fourth-order valence-electron chi connectivity index (χ4n) is 2.96. The fraction of sp³-hybridized carbons (Fsp3) is 0.0833. The fourth-order valence-corrected chi connectivity index (χ4v) is 3.08. The molecule has 0 saturated carbocycles. The Balaban J connectivity index is 1.54. The zero-order valence-corrected chi connectivity index (χ0v) is 18.3. The minimum Gasteiger partial charge on any atom is -0.406 e. The first-order chi connectivity index (χ1) is 16.3. The molecule has 4 aromatic rings. The number of hydrogen-bond acceptors (Lipinski definition) is 6. The van der Waals surface area contributed by atoms with Crippen LogP contribution in [0.5, 0.6) is 5.75 Å². The van der Waals surface area contributed by atoms with Crippen LogP contribution < -0.4 is 10.1 Å². The molecule has 0 unspecified atom stereocenters. The van der Waals surface area contributed by atoms with E-state index in [1.54, 1.807) is 18.2 Å². The molecule has 0 atom stereocenters. The first kappa shape index (κ1) is 23.2. The topological polar surface area (TPSA) is 71.8 Å². The molecule has 172 valence electrons. The van der Waals surface area contributed by atoms with Gasteiger partial charge in [-0.05, 0) is 42.0 Å². The Morgan fingerprint density at radius 2 is 1.59 bits per heavy atom. The van der Waals surface area contributed by atoms with Gasteiger partial charge in [-0.15, -0.1) is 18.3 Å². The number of ether oxygens (including phenoxy) is 1. The lowest BCUT2D eigenvalue weighted by atomic mass is 10.1. The van der Waals surface area contributed by atoms with Crippen molar-refractivity contribution in [2.45, 2.75) is 12.9 Å². The molecular formula is C24H17ClF3N5O. The largest absolute Gasteiger partial charge is 0.573 e. The van der Waals surface area contributed by atoms with E-state index in [0.29, 0.717) is 22.1 Å². The van der Waals surface area contributed by atoms with Gasteiger partial charge in [0.05, 0.1) is 12.2 Å². The standard InChI is InChI=1S/C24H17ClF3N5O/c25-18-8-10-19(11-9-18)30-22-14-21(17-4-2-1-3-5-17)31-23(32-22)33-29-15-16-6-12-20(13-7-16)34-24(26,27)28/h1-14H,15H2,(H,30,31,32). The number of rotatable bonds is 7. The van der Waals surface area contributed by atoms with Crippen molar-refractivity contribution >= 4 is 29.1 Å². The molecule has 0 aliphatic rings. The number of aromatic nitrogens is 2. The van der Waals surface area contributed by atoms with E-state index in [0.717, 1.165) is 11.3 Å². The van der Waals surface area contributed by atoms with Crippen molar-refractivity contribution in [3.8, 4) is 17.0 Å². The van der Waals surface area contributed by atoms with Gasteiger partial charge in [-0.3, -0.25) is 0 Å². The van der Waals surface area contributed by atoms with Crippen LogP contribution in [0.1, 0.15) is 5.56 Å². The predicted molar refractivity (Wildman–Crippen MR) is 124 cm³/mol. The first-order valence-corrected chi connectivity index (χ1v) is 10.4. The summed E-state index contributed by atoms with van der Waals surface area (Å²) in [6.45, 7) is 0.130. The lowest BCUT2D eigenvalue weighted by molar-refractivity contribution is -0.274. The van der Waals surface area contributed by atoms with Gasteiger partial charge in [0, 0.05) is 22.3 Å². The molecule has 0 saturated heterocycles. The molecule has 0 aliphatic carbocycles. The van der Waals surface area contributed by atoms with Crippen molar-refractivity contribution in [3.05, 3.63) is 95.5 Å². The molecule has 0 amide bonds. The minimum absolute atomic E-state index is 0.130. The minimum atomic E-state index is -4.74. The van der Waals surface area contributed by atoms with Crippen LogP contribution in [-0.4, -0.2) is 16.3 Å². The van der Waals surface area contributed by atoms with Gasteiger partial charge in [0.1, 0.15) is 11.6 Å². The molecule has 0 radical (unpaired) electrons. The smallest absolute Gasteiger partial charge is 0.406 e. The van der Waals surface area contributed by atoms with Crippen molar-refractivity contribution in [1.29, 1.82) is 0 Å². The maximum Gasteiger partial charge on any atom is 0.573 e. The highest BCUT2D eigenvalue weighted by Gasteiger charge is 2.30. The van der Waals surface area contributed by atoms with Crippen LogP contribution in [0.15, 0.2) is 95.2 Å². The van der Waals surface area contributed by atoms with Gasteiger partial charge in [0.2, 0.25) is 0 Å². The maximum atomic E-state index is 12.3. The molecule has 0 bridgehead atoms. The number of alkyl halides is 3. The number of azo groups is 1. The average Bonchev–Trinajstić information content (AvgIpc) is 2.81. The van der Waals surface area contributed by atoms with Gasteiger partial charge < -0.3 is 10.1 Å². The summed E-state index contributed by atoms with van der Waals surface area (Å²) in [4.78, 5) is 8.87. The Kier molecular flexibility index (Phi) is 7.03. The van der Waals surface area contributed by atoms with Crippen molar-refractivity contribution in [1.82, 2.24) is 9.97 Å². The van der Waals surface area contributed by atoms with E-state index >= 15 is 0 Å². The van der Waals surface area contributed by atoms with Gasteiger partial charge in [0.25, 0.3) is 5.95 Å². The molecule has 1 heterocycles. The molecule has 1 aromatic heterocycles. The van der Waals surface area contributed by atoms with Crippen LogP contribution in [-0.2, 0) is 6.54 Å². The van der Waals surface area contributed by atoms with Crippen molar-refractivity contribution in [2.75, 3.05) is 5.32 Å². The van der Waals surface area contributed by atoms with Crippen molar-refractivity contribution < 1.29 is 17.9 Å². The van der Waals surface area contributed by atoms with E-state index in [4.69, 9.17) is 11.6 Å². The summed E-state index contributed by atoms with van der Waals surface area (Å²) < 4.78 is 40.8. The average molecular weight is 484 g/mol. The molecule has 6 nitrogen and oxygen atoms in total. The summed E-state index contributed by atoms with van der Waals surface area (Å²) in [6.07, 6.45) is -4.74. The van der Waals surface area contributed by atoms with E-state index in [2.05, 4.69) is 30.3 Å². The van der Waals surface area contributed by atoms with Crippen molar-refractivity contribution in [3.63, 3.8) is 0 Å². The molecule has 0 spiro atoms. The van der Waals surface area contributed by atoms with E-state index in [1.807, 2.05) is 42.5 Å². The Labute approximate surface area is 198 Å². The summed E-state index contributed by atoms with van der Waals surface area (Å²) in [5.74, 6) is 0.346. The SMILES string of the molecule is FC(F)(F)Oc1ccc(CN=Nc2nc(Nc3ccc(Cl)cc3)cc(-c3ccccc3)n2)cc1. The lowest BCUT2D eigenvalue weighted by Gasteiger charge is -2.09. The molecule has 34 heavy (non-hydrogen) atoms. The van der Waals surface area contributed by atoms with Crippen LogP contribution in [0.2, 0.25) is 5.02 Å². The highest BCUT2D eigenvalue weighted by atomic mass is 35.5. The van der Waals surface area contributed by atoms with Crippen LogP contribution in [0.4, 0.5) is 30.6 Å². The Morgan fingerprint density at radius 3 is 2.26 bits per heavy atom. The van der Waals surface area contributed by atoms with Gasteiger partial charge in [-0.25, -0.2) is 4.98 Å². The van der Waals surface area contributed by atoms with Crippen LogP contribution in [0, 0.1) is 0 Å². The Morgan fingerprint density at radius 1 is 0.882 bits per heavy atom. The maximum absolute atomic E-state index is 12.3. The monoisotopic (exact) mass is 483 g/mol. The summed E-state index contributed by atoms with van der Waals surface area (Å²) in [5.41, 5.74) is 2.96. The third kappa shape index (κ3) is 6.76. The second kappa shape index (κ2) is 10.3. The summed E-state index contributed by atoms with van der Waals surface area (Å²) >= 11 is 5.95. The molecule has 0 fully saturated rings. The quantitative estimate of drug-likeness (QED) is 0.273. The second-order valence-corrected chi connectivity index (χ2v) is 7.46. The molecular weight excluding hydrogens is 467 g/mol. The summed E-state index contributed by atoms with van der Waals surface area (Å²) in [5, 5.41) is 12.0. The lowest BCUT2D eigenvalue weighted by Crippen LogP contribution is -2.16. The molecule has 0 aliphatic heterocycles. The van der Waals surface area contributed by atoms with Crippen molar-refractivity contribution in [2.24, 2.45) is 10.2 Å². The predicted octanol–water partition coefficient (Wildman–Crippen LogP) is 7.72. The third-order valence-corrected chi connectivity index (χ3v) is 4.72. The van der Waals surface area contributed by atoms with Gasteiger partial charge in [-0.2, -0.15) is 10.1 Å². The number of hydrogen-bond donors (Lipinski definition) is 1. The highest BCUT2D eigenvalue weighted by molar-refractivity contribution is 6.30. The molecule has 4 rings (SSSR count). The number of halogens is 4. The molecule has 10 heteroatoms.